The van der Waals surface area contributed by atoms with Crippen molar-refractivity contribution in [1.29, 1.82) is 0 Å². The maximum absolute atomic E-state index is 10.5. The molecule has 8 heteroatoms. The Kier molecular flexibility index (Phi) is 2.51. The van der Waals surface area contributed by atoms with Gasteiger partial charge in [-0.05, 0) is 0 Å². The van der Waals surface area contributed by atoms with Crippen LogP contribution in [0.5, 0.6) is 0 Å². The Morgan fingerprint density at radius 3 is 2.77 bits per heavy atom. The van der Waals surface area contributed by atoms with E-state index in [4.69, 9.17) is 16.4 Å². The quantitative estimate of drug-likeness (QED) is 0.378. The molecule has 13 heavy (non-hydrogen) atoms. The SMILES string of the molecule is Nc1cc[n+](CP(=O)([O-])O)c(N)n1. The molecule has 0 aliphatic rings. The van der Waals surface area contributed by atoms with Crippen molar-refractivity contribution in [3.05, 3.63) is 12.3 Å². The van der Waals surface area contributed by atoms with Gasteiger partial charge in [-0.3, -0.25) is 5.73 Å². The number of rotatable bonds is 2. The van der Waals surface area contributed by atoms with Crippen molar-refractivity contribution in [2.75, 3.05) is 11.5 Å². The summed E-state index contributed by atoms with van der Waals surface area (Å²) in [6, 6.07) is 1.38. The summed E-state index contributed by atoms with van der Waals surface area (Å²) in [5, 5.41) is 0. The molecule has 1 aromatic heterocycles. The normalized spacial score (nSPS) is 15.2. The van der Waals surface area contributed by atoms with Crippen LogP contribution in [0.1, 0.15) is 0 Å². The van der Waals surface area contributed by atoms with Crippen molar-refractivity contribution in [2.24, 2.45) is 0 Å². The summed E-state index contributed by atoms with van der Waals surface area (Å²) in [6.07, 6.45) is 0.727. The predicted octanol–water partition coefficient (Wildman–Crippen LogP) is -1.96. The van der Waals surface area contributed by atoms with Gasteiger partial charge in [0.1, 0.15) is 6.29 Å². The predicted molar refractivity (Wildman–Crippen MR) is 43.1 cm³/mol. The van der Waals surface area contributed by atoms with E-state index in [-0.39, 0.29) is 11.8 Å². The Hall–Kier alpha value is -1.17. The van der Waals surface area contributed by atoms with E-state index in [1.165, 1.54) is 12.3 Å². The summed E-state index contributed by atoms with van der Waals surface area (Å²) in [6.45, 7) is 0. The topological polar surface area (TPSA) is 129 Å². The highest BCUT2D eigenvalue weighted by atomic mass is 31.2. The largest absolute Gasteiger partial charge is 0.776 e. The summed E-state index contributed by atoms with van der Waals surface area (Å²) in [5.41, 5.74) is 10.6. The first-order valence-electron chi connectivity index (χ1n) is 3.33. The van der Waals surface area contributed by atoms with Crippen molar-refractivity contribution in [3.63, 3.8) is 0 Å². The van der Waals surface area contributed by atoms with Crippen molar-refractivity contribution in [1.82, 2.24) is 4.98 Å². The van der Waals surface area contributed by atoms with Gasteiger partial charge in [0, 0.05) is 6.07 Å². The Morgan fingerprint density at radius 1 is 1.69 bits per heavy atom. The maximum Gasteiger partial charge on any atom is 0.391 e. The molecule has 0 amide bonds. The van der Waals surface area contributed by atoms with E-state index < -0.39 is 13.9 Å². The van der Waals surface area contributed by atoms with E-state index in [9.17, 15) is 9.46 Å². The molecule has 1 atom stereocenters. The maximum atomic E-state index is 10.5. The Bertz CT molecular complexity index is 363. The zero-order chi connectivity index (χ0) is 10.1. The molecule has 0 spiro atoms. The number of nitrogens with two attached hydrogens (primary N) is 2. The summed E-state index contributed by atoms with van der Waals surface area (Å²) >= 11 is 0. The summed E-state index contributed by atoms with van der Waals surface area (Å²) in [7, 11) is -4.38. The molecule has 0 fully saturated rings. The molecule has 1 aromatic rings. The molecule has 0 aromatic carbocycles. The molecule has 0 aliphatic carbocycles. The van der Waals surface area contributed by atoms with Crippen molar-refractivity contribution >= 4 is 19.4 Å². The van der Waals surface area contributed by atoms with Gasteiger partial charge in [-0.25, -0.2) is 4.57 Å². The minimum Gasteiger partial charge on any atom is -0.776 e. The van der Waals surface area contributed by atoms with Crippen LogP contribution in [0.15, 0.2) is 12.3 Å². The van der Waals surface area contributed by atoms with Gasteiger partial charge in [0.15, 0.2) is 7.60 Å². The van der Waals surface area contributed by atoms with Crippen LogP contribution >= 0.6 is 7.60 Å². The molecule has 5 N–H and O–H groups in total. The third kappa shape index (κ3) is 2.98. The van der Waals surface area contributed by atoms with Crippen LogP contribution in [-0.4, -0.2) is 9.88 Å². The summed E-state index contributed by atoms with van der Waals surface area (Å²) in [5.74, 6) is 0.123. The van der Waals surface area contributed by atoms with Gasteiger partial charge in [-0.15, -0.1) is 0 Å². The summed E-state index contributed by atoms with van der Waals surface area (Å²) < 4.78 is 11.6. The van der Waals surface area contributed by atoms with E-state index >= 15 is 0 Å². The Morgan fingerprint density at radius 2 is 2.31 bits per heavy atom. The van der Waals surface area contributed by atoms with Gasteiger partial charge in [-0.1, -0.05) is 4.98 Å². The van der Waals surface area contributed by atoms with Crippen molar-refractivity contribution in [2.45, 2.75) is 6.29 Å². The molecular formula is C5H9N4O3P. The van der Waals surface area contributed by atoms with Gasteiger partial charge in [0.05, 0.1) is 6.20 Å². The van der Waals surface area contributed by atoms with Gasteiger partial charge in [-0.2, -0.15) is 0 Å². The van der Waals surface area contributed by atoms with Crippen LogP contribution in [-0.2, 0) is 10.9 Å². The minimum atomic E-state index is -4.38. The first kappa shape index (κ1) is 9.91. The summed E-state index contributed by atoms with van der Waals surface area (Å²) in [4.78, 5) is 22.6. The monoisotopic (exact) mass is 204 g/mol. The lowest BCUT2D eigenvalue weighted by Gasteiger charge is -2.14. The lowest BCUT2D eigenvalue weighted by molar-refractivity contribution is -0.670. The zero-order valence-electron chi connectivity index (χ0n) is 6.62. The smallest absolute Gasteiger partial charge is 0.391 e. The molecule has 72 valence electrons. The molecule has 1 rings (SSSR count). The third-order valence-electron chi connectivity index (χ3n) is 1.29. The molecule has 1 unspecified atom stereocenters. The number of nitrogens with zero attached hydrogens (tertiary/aromatic N) is 2. The Balaban J connectivity index is 2.97. The molecular weight excluding hydrogens is 195 g/mol. The molecule has 0 bridgehead atoms. The van der Waals surface area contributed by atoms with Gasteiger partial charge < -0.3 is 20.1 Å². The van der Waals surface area contributed by atoms with Crippen LogP contribution in [0.25, 0.3) is 0 Å². The fourth-order valence-electron chi connectivity index (χ4n) is 0.789. The molecule has 1 heterocycles. The van der Waals surface area contributed by atoms with Gasteiger partial charge in [0.2, 0.25) is 5.82 Å². The second kappa shape index (κ2) is 3.29. The number of aromatic nitrogens is 2. The standard InChI is InChI=1S/C5H9N4O3P/c6-4-1-2-9(5(7)8-4)3-13(10,11)12/h1-2H,3H2,(H5,6,7,8,10,11,12). The van der Waals surface area contributed by atoms with Crippen LogP contribution in [0.2, 0.25) is 0 Å². The molecule has 0 aliphatic heterocycles. The zero-order valence-corrected chi connectivity index (χ0v) is 7.52. The molecule has 0 radical (unpaired) electrons. The van der Waals surface area contributed by atoms with E-state index in [2.05, 4.69) is 4.98 Å². The van der Waals surface area contributed by atoms with Gasteiger partial charge in [0.25, 0.3) is 0 Å². The highest BCUT2D eigenvalue weighted by molar-refractivity contribution is 7.48. The van der Waals surface area contributed by atoms with Crippen molar-refractivity contribution in [3.8, 4) is 0 Å². The molecule has 0 saturated heterocycles. The van der Waals surface area contributed by atoms with E-state index in [0.29, 0.717) is 0 Å². The van der Waals surface area contributed by atoms with Crippen LogP contribution < -0.4 is 20.9 Å². The first-order chi connectivity index (χ1) is 5.88. The highest BCUT2D eigenvalue weighted by Gasteiger charge is 2.12. The lowest BCUT2D eigenvalue weighted by Crippen LogP contribution is -2.39. The number of hydrogen-bond donors (Lipinski definition) is 3. The number of hydrogen-bond acceptors (Lipinski definition) is 5. The third-order valence-corrected chi connectivity index (χ3v) is 1.96. The van der Waals surface area contributed by atoms with E-state index in [1.54, 1.807) is 0 Å². The fourth-order valence-corrected chi connectivity index (χ4v) is 1.41. The average Bonchev–Trinajstić information content (AvgIpc) is 1.93. The second-order valence-electron chi connectivity index (χ2n) is 2.46. The van der Waals surface area contributed by atoms with Crippen LogP contribution in [0.3, 0.4) is 0 Å². The van der Waals surface area contributed by atoms with Gasteiger partial charge >= 0.3 is 5.95 Å². The van der Waals surface area contributed by atoms with E-state index in [0.717, 1.165) is 4.57 Å². The molecule has 0 saturated carbocycles. The lowest BCUT2D eigenvalue weighted by atomic mass is 10.6. The van der Waals surface area contributed by atoms with Crippen LogP contribution in [0.4, 0.5) is 11.8 Å². The van der Waals surface area contributed by atoms with Crippen molar-refractivity contribution < 1.29 is 18.9 Å². The minimum absolute atomic E-state index is 0.0647. The van der Waals surface area contributed by atoms with Crippen LogP contribution in [0, 0.1) is 0 Å². The fraction of sp³-hybridized carbons (Fsp3) is 0.200. The number of anilines is 2. The first-order valence-corrected chi connectivity index (χ1v) is 5.09. The second-order valence-corrected chi connectivity index (χ2v) is 4.02. The molecule has 7 nitrogen and oxygen atoms in total. The Labute approximate surface area is 74.2 Å². The average molecular weight is 204 g/mol. The highest BCUT2D eigenvalue weighted by Crippen LogP contribution is 2.28. The van der Waals surface area contributed by atoms with E-state index in [1.807, 2.05) is 0 Å². The number of nitrogen functional groups attached to an aromatic ring is 2.